The average Bonchev–Trinajstić information content (AvgIpc) is 2.77. The summed E-state index contributed by atoms with van der Waals surface area (Å²) in [5, 5.41) is -0.984. The molecule has 1 heterocycles. The molecule has 184 valence electrons. The third kappa shape index (κ3) is 4.83. The fourth-order valence-electron chi connectivity index (χ4n) is 6.55. The number of piperidine rings is 1. The van der Waals surface area contributed by atoms with Crippen LogP contribution in [0.4, 0.5) is 8.78 Å². The Morgan fingerprint density at radius 2 is 1.69 bits per heavy atom. The summed E-state index contributed by atoms with van der Waals surface area (Å²) in [4.78, 5) is 14.8. The molecule has 1 saturated heterocycles. The second kappa shape index (κ2) is 10.0. The number of carbonyl (C=O) groups excluding carboxylic acids is 1. The highest BCUT2D eigenvalue weighted by molar-refractivity contribution is 7.89. The predicted molar refractivity (Wildman–Crippen MR) is 122 cm³/mol. The van der Waals surface area contributed by atoms with Gasteiger partial charge in [-0.05, 0) is 83.0 Å². The van der Waals surface area contributed by atoms with Crippen molar-refractivity contribution in [2.75, 3.05) is 13.6 Å². The van der Waals surface area contributed by atoms with Gasteiger partial charge in [0.2, 0.25) is 15.9 Å². The zero-order valence-electron chi connectivity index (χ0n) is 19.0. The number of hydrogen-bond acceptors (Lipinski definition) is 3. The van der Waals surface area contributed by atoms with E-state index in [4.69, 9.17) is 11.6 Å². The Kier molecular flexibility index (Phi) is 7.72. The van der Waals surface area contributed by atoms with Crippen LogP contribution in [0.1, 0.15) is 77.0 Å². The van der Waals surface area contributed by atoms with Gasteiger partial charge in [-0.1, -0.05) is 0 Å². The Morgan fingerprint density at radius 1 is 0.969 bits per heavy atom. The highest BCUT2D eigenvalue weighted by Gasteiger charge is 2.47. The van der Waals surface area contributed by atoms with Gasteiger partial charge in [-0.2, -0.15) is 4.31 Å². The molecule has 3 aliphatic carbocycles. The normalized spacial score (nSPS) is 41.6. The molecule has 32 heavy (non-hydrogen) atoms. The first kappa shape index (κ1) is 24.6. The van der Waals surface area contributed by atoms with Crippen molar-refractivity contribution in [3.05, 3.63) is 0 Å². The SMILES string of the molecule is CN(C(=O)C1C(F)CCCC1Cl)C1CCC2CCCN(S(=O)(=O)C3CCC(F)CC3)C2C1. The van der Waals surface area contributed by atoms with E-state index in [1.165, 1.54) is 0 Å². The van der Waals surface area contributed by atoms with Crippen LogP contribution in [0.25, 0.3) is 0 Å². The Bertz CT molecular complexity index is 767. The second-order valence-electron chi connectivity index (χ2n) is 10.4. The van der Waals surface area contributed by atoms with E-state index in [1.54, 1.807) is 16.3 Å². The molecule has 0 aromatic heterocycles. The van der Waals surface area contributed by atoms with Gasteiger partial charge in [0.25, 0.3) is 0 Å². The summed E-state index contributed by atoms with van der Waals surface area (Å²) >= 11 is 6.34. The van der Waals surface area contributed by atoms with Crippen LogP contribution in [-0.4, -0.2) is 72.2 Å². The van der Waals surface area contributed by atoms with Gasteiger partial charge in [0, 0.05) is 31.1 Å². The molecule has 0 aromatic rings. The summed E-state index contributed by atoms with van der Waals surface area (Å²) in [6.45, 7) is 0.502. The van der Waals surface area contributed by atoms with Gasteiger partial charge in [-0.15, -0.1) is 11.6 Å². The van der Waals surface area contributed by atoms with E-state index in [0.29, 0.717) is 63.8 Å². The molecule has 0 radical (unpaired) electrons. The van der Waals surface area contributed by atoms with E-state index < -0.39 is 38.9 Å². The fraction of sp³-hybridized carbons (Fsp3) is 0.957. The third-order valence-electron chi connectivity index (χ3n) is 8.52. The fourth-order valence-corrected chi connectivity index (χ4v) is 9.24. The predicted octanol–water partition coefficient (Wildman–Crippen LogP) is 4.43. The Morgan fingerprint density at radius 3 is 2.38 bits per heavy atom. The van der Waals surface area contributed by atoms with Gasteiger partial charge in [0.15, 0.2) is 0 Å². The molecule has 0 spiro atoms. The largest absolute Gasteiger partial charge is 0.342 e. The molecule has 4 rings (SSSR count). The number of hydrogen-bond donors (Lipinski definition) is 0. The maximum atomic E-state index is 14.6. The van der Waals surface area contributed by atoms with Crippen LogP contribution in [0.5, 0.6) is 0 Å². The second-order valence-corrected chi connectivity index (χ2v) is 13.1. The lowest BCUT2D eigenvalue weighted by Gasteiger charge is -2.48. The molecule has 4 aliphatic rings. The van der Waals surface area contributed by atoms with Crippen LogP contribution in [-0.2, 0) is 14.8 Å². The van der Waals surface area contributed by atoms with Gasteiger partial charge < -0.3 is 4.90 Å². The molecule has 0 aromatic carbocycles. The zero-order valence-corrected chi connectivity index (χ0v) is 20.5. The summed E-state index contributed by atoms with van der Waals surface area (Å²) < 4.78 is 56.8. The van der Waals surface area contributed by atoms with Crippen LogP contribution in [0.3, 0.4) is 0 Å². The molecule has 1 amide bonds. The number of rotatable bonds is 4. The standard InChI is InChI=1S/C23H37ClF2N2O3S/c1-27(23(29)22-19(24)5-2-6-20(22)26)17-10-7-15-4-3-13-28(21(15)14-17)32(30,31)18-11-8-16(25)9-12-18/h15-22H,2-14H2,1H3. The summed E-state index contributed by atoms with van der Waals surface area (Å²) in [6, 6.07) is -0.246. The van der Waals surface area contributed by atoms with E-state index >= 15 is 0 Å². The van der Waals surface area contributed by atoms with Gasteiger partial charge in [0.05, 0.1) is 11.2 Å². The molecule has 5 nitrogen and oxygen atoms in total. The van der Waals surface area contributed by atoms with Gasteiger partial charge in [-0.25, -0.2) is 17.2 Å². The van der Waals surface area contributed by atoms with Crippen LogP contribution in [0.15, 0.2) is 0 Å². The lowest BCUT2D eigenvalue weighted by molar-refractivity contribution is -0.140. The Hall–Kier alpha value is -0.470. The molecule has 6 atom stereocenters. The van der Waals surface area contributed by atoms with E-state index in [0.717, 1.165) is 25.7 Å². The van der Waals surface area contributed by atoms with Crippen molar-refractivity contribution in [1.29, 1.82) is 0 Å². The van der Waals surface area contributed by atoms with Gasteiger partial charge in [0.1, 0.15) is 12.3 Å². The quantitative estimate of drug-likeness (QED) is 0.543. The molecule has 3 saturated carbocycles. The molecule has 6 unspecified atom stereocenters. The summed E-state index contributed by atoms with van der Waals surface area (Å²) in [6.07, 6.45) is 5.12. The molecule has 9 heteroatoms. The lowest BCUT2D eigenvalue weighted by Crippen LogP contribution is -2.57. The van der Waals surface area contributed by atoms with Crippen molar-refractivity contribution < 1.29 is 22.0 Å². The Labute approximate surface area is 196 Å². The number of sulfonamides is 1. The van der Waals surface area contributed by atoms with Crippen molar-refractivity contribution in [3.63, 3.8) is 0 Å². The Balaban J connectivity index is 1.47. The average molecular weight is 495 g/mol. The topological polar surface area (TPSA) is 57.7 Å². The van der Waals surface area contributed by atoms with Crippen LogP contribution in [0.2, 0.25) is 0 Å². The number of alkyl halides is 3. The van der Waals surface area contributed by atoms with Crippen molar-refractivity contribution in [1.82, 2.24) is 9.21 Å². The summed E-state index contributed by atoms with van der Waals surface area (Å²) in [5.41, 5.74) is 0. The minimum absolute atomic E-state index is 0.112. The number of amides is 1. The number of nitrogens with zero attached hydrogens (tertiary/aromatic N) is 2. The first-order chi connectivity index (χ1) is 15.2. The molecule has 0 N–H and O–H groups in total. The lowest BCUT2D eigenvalue weighted by atomic mass is 9.76. The third-order valence-corrected chi connectivity index (χ3v) is 11.4. The van der Waals surface area contributed by atoms with Crippen LogP contribution in [0, 0.1) is 11.8 Å². The molecule has 4 fully saturated rings. The molecule has 0 bridgehead atoms. The van der Waals surface area contributed by atoms with Gasteiger partial charge in [-0.3, -0.25) is 4.79 Å². The number of fused-ring (bicyclic) bond motifs is 1. The summed E-state index contributed by atoms with van der Waals surface area (Å²) in [5.74, 6) is -0.762. The minimum Gasteiger partial charge on any atom is -0.342 e. The number of carbonyl (C=O) groups is 1. The van der Waals surface area contributed by atoms with E-state index in [-0.39, 0.29) is 18.0 Å². The van der Waals surface area contributed by atoms with Gasteiger partial charge >= 0.3 is 0 Å². The smallest absolute Gasteiger partial charge is 0.230 e. The van der Waals surface area contributed by atoms with Crippen molar-refractivity contribution in [2.24, 2.45) is 11.8 Å². The monoisotopic (exact) mass is 494 g/mol. The minimum atomic E-state index is -3.50. The molecular formula is C23H37ClF2N2O3S. The molecular weight excluding hydrogens is 458 g/mol. The van der Waals surface area contributed by atoms with E-state index in [2.05, 4.69) is 0 Å². The van der Waals surface area contributed by atoms with Crippen molar-refractivity contribution >= 4 is 27.5 Å². The highest BCUT2D eigenvalue weighted by atomic mass is 35.5. The highest BCUT2D eigenvalue weighted by Crippen LogP contribution is 2.41. The van der Waals surface area contributed by atoms with Crippen molar-refractivity contribution in [2.45, 2.75) is 112 Å². The van der Waals surface area contributed by atoms with Crippen LogP contribution >= 0.6 is 11.6 Å². The maximum Gasteiger partial charge on any atom is 0.230 e. The summed E-state index contributed by atoms with van der Waals surface area (Å²) in [7, 11) is -1.78. The first-order valence-electron chi connectivity index (χ1n) is 12.4. The molecule has 1 aliphatic heterocycles. The maximum absolute atomic E-state index is 14.6. The van der Waals surface area contributed by atoms with Crippen molar-refractivity contribution in [3.8, 4) is 0 Å². The first-order valence-corrected chi connectivity index (χ1v) is 14.3. The van der Waals surface area contributed by atoms with E-state index in [9.17, 15) is 22.0 Å². The number of halogens is 3. The van der Waals surface area contributed by atoms with E-state index in [1.807, 2.05) is 0 Å². The van der Waals surface area contributed by atoms with Crippen LogP contribution < -0.4 is 0 Å². The zero-order chi connectivity index (χ0) is 23.0.